The summed E-state index contributed by atoms with van der Waals surface area (Å²) in [6.07, 6.45) is 4.40. The van der Waals surface area contributed by atoms with Crippen molar-refractivity contribution in [2.75, 3.05) is 19.3 Å². The second kappa shape index (κ2) is 9.41. The van der Waals surface area contributed by atoms with E-state index in [9.17, 15) is 19.1 Å². The Morgan fingerprint density at radius 2 is 2.08 bits per heavy atom. The van der Waals surface area contributed by atoms with E-state index in [4.69, 9.17) is 0 Å². The van der Waals surface area contributed by atoms with Crippen LogP contribution in [0.3, 0.4) is 0 Å². The van der Waals surface area contributed by atoms with Crippen molar-refractivity contribution in [3.05, 3.63) is 23.0 Å². The standard InChI is InChI=1S/C12H18N5O4P.2Na/c18-12-10-11(13-7-14-12)17(8-15-10)6-9-2-1-3-16(9)4-5-22(19,20)21;;/h7-9H,1-6H2,(H,13,14,18)(H2,19,20,21);;/q;2*+1/p-2/t9-;;/m1../s1. The van der Waals surface area contributed by atoms with Crippen molar-refractivity contribution in [2.24, 2.45) is 0 Å². The predicted molar refractivity (Wildman–Crippen MR) is 75.2 cm³/mol. The van der Waals surface area contributed by atoms with E-state index in [-0.39, 0.29) is 88.9 Å². The molecule has 12 heteroatoms. The van der Waals surface area contributed by atoms with Crippen LogP contribution in [0, 0.1) is 0 Å². The van der Waals surface area contributed by atoms with Crippen molar-refractivity contribution < 1.29 is 73.5 Å². The second-order valence-corrected chi connectivity index (χ2v) is 7.14. The minimum atomic E-state index is -4.48. The van der Waals surface area contributed by atoms with Crippen LogP contribution in [0.2, 0.25) is 0 Å². The number of H-pyrrole nitrogens is 1. The van der Waals surface area contributed by atoms with Crippen LogP contribution in [0.4, 0.5) is 0 Å². The van der Waals surface area contributed by atoms with Crippen molar-refractivity contribution in [2.45, 2.75) is 25.4 Å². The fraction of sp³-hybridized carbons (Fsp3) is 0.583. The molecule has 1 atom stereocenters. The molecule has 0 amide bonds. The normalized spacial score (nSPS) is 18.3. The Morgan fingerprint density at radius 1 is 1.33 bits per heavy atom. The van der Waals surface area contributed by atoms with Crippen LogP contribution in [0.1, 0.15) is 12.8 Å². The molecule has 2 aromatic rings. The summed E-state index contributed by atoms with van der Waals surface area (Å²) in [5.41, 5.74) is 0.510. The van der Waals surface area contributed by atoms with Gasteiger partial charge >= 0.3 is 59.1 Å². The van der Waals surface area contributed by atoms with Crippen molar-refractivity contribution in [3.8, 4) is 0 Å². The topological polar surface area (TPSA) is 130 Å². The minimum absolute atomic E-state index is 0. The monoisotopic (exact) mass is 371 g/mol. The van der Waals surface area contributed by atoms with E-state index in [1.165, 1.54) is 6.33 Å². The molecule has 0 aromatic carbocycles. The average molecular weight is 371 g/mol. The molecule has 0 aliphatic carbocycles. The van der Waals surface area contributed by atoms with Gasteiger partial charge in [0.2, 0.25) is 0 Å². The predicted octanol–water partition coefficient (Wildman–Crippen LogP) is -7.49. The van der Waals surface area contributed by atoms with Crippen molar-refractivity contribution in [1.29, 1.82) is 0 Å². The summed E-state index contributed by atoms with van der Waals surface area (Å²) in [4.78, 5) is 45.9. The molecule has 120 valence electrons. The van der Waals surface area contributed by atoms with Gasteiger partial charge in [0.1, 0.15) is 0 Å². The van der Waals surface area contributed by atoms with Crippen LogP contribution in [-0.2, 0) is 11.1 Å². The van der Waals surface area contributed by atoms with Gasteiger partial charge < -0.3 is 23.9 Å². The number of hydrogen-bond acceptors (Lipinski definition) is 7. The Bertz CT molecular complexity index is 776. The summed E-state index contributed by atoms with van der Waals surface area (Å²) < 4.78 is 12.6. The first-order chi connectivity index (χ1) is 10.4. The first-order valence-corrected chi connectivity index (χ1v) is 8.80. The molecule has 3 rings (SSSR count). The first kappa shape index (κ1) is 22.5. The first-order valence-electron chi connectivity index (χ1n) is 7.08. The molecule has 9 nitrogen and oxygen atoms in total. The molecular weight excluding hydrogens is 355 g/mol. The van der Waals surface area contributed by atoms with E-state index in [0.29, 0.717) is 12.2 Å². The third kappa shape index (κ3) is 5.48. The molecular formula is C12H16N5Na2O4P. The van der Waals surface area contributed by atoms with E-state index < -0.39 is 7.60 Å². The van der Waals surface area contributed by atoms with E-state index in [2.05, 4.69) is 15.0 Å². The fourth-order valence-corrected chi connectivity index (χ4v) is 3.40. The van der Waals surface area contributed by atoms with Gasteiger partial charge in [-0.3, -0.25) is 9.69 Å². The van der Waals surface area contributed by atoms with E-state index in [0.717, 1.165) is 19.4 Å². The molecule has 1 fully saturated rings. The summed E-state index contributed by atoms with van der Waals surface area (Å²) in [6.45, 7) is 1.58. The van der Waals surface area contributed by atoms with Crippen molar-refractivity contribution >= 4 is 18.8 Å². The molecule has 0 spiro atoms. The van der Waals surface area contributed by atoms with Crippen LogP contribution in [0.5, 0.6) is 0 Å². The zero-order valence-electron chi connectivity index (χ0n) is 13.8. The largest absolute Gasteiger partial charge is 1.00 e. The van der Waals surface area contributed by atoms with Gasteiger partial charge in [-0.05, 0) is 25.5 Å². The Labute approximate surface area is 183 Å². The maximum absolute atomic E-state index is 11.6. The maximum atomic E-state index is 11.6. The summed E-state index contributed by atoms with van der Waals surface area (Å²) in [5, 5.41) is 0. The van der Waals surface area contributed by atoms with E-state index in [1.54, 1.807) is 10.9 Å². The van der Waals surface area contributed by atoms with E-state index >= 15 is 0 Å². The smallest absolute Gasteiger partial charge is 0.811 e. The number of nitrogens with one attached hydrogen (secondary N) is 1. The third-order valence-corrected chi connectivity index (χ3v) is 4.72. The van der Waals surface area contributed by atoms with Crippen LogP contribution in [0.15, 0.2) is 17.4 Å². The summed E-state index contributed by atoms with van der Waals surface area (Å²) in [6, 6.07) is 0.116. The molecule has 0 unspecified atom stereocenters. The summed E-state index contributed by atoms with van der Waals surface area (Å²) in [7, 11) is -4.48. The van der Waals surface area contributed by atoms with Gasteiger partial charge in [0.05, 0.1) is 12.7 Å². The molecule has 1 saturated heterocycles. The molecule has 0 saturated carbocycles. The summed E-state index contributed by atoms with van der Waals surface area (Å²) in [5.74, 6) is 0. The zero-order chi connectivity index (χ0) is 15.7. The number of aromatic nitrogens is 4. The van der Waals surface area contributed by atoms with Gasteiger partial charge in [-0.2, -0.15) is 0 Å². The minimum Gasteiger partial charge on any atom is -0.811 e. The van der Waals surface area contributed by atoms with Crippen LogP contribution >= 0.6 is 7.60 Å². The number of rotatable bonds is 5. The van der Waals surface area contributed by atoms with Crippen LogP contribution < -0.4 is 74.5 Å². The molecule has 24 heavy (non-hydrogen) atoms. The zero-order valence-corrected chi connectivity index (χ0v) is 18.7. The maximum Gasteiger partial charge on any atom is 1.00 e. The third-order valence-electron chi connectivity index (χ3n) is 3.98. The molecule has 0 radical (unpaired) electrons. The quantitative estimate of drug-likeness (QED) is 0.408. The SMILES string of the molecule is O=c1[nH]cnc2c1ncn2C[C@H]1CCCN1CCP(=O)([O-])[O-].[Na+].[Na+]. The molecule has 3 heterocycles. The molecule has 1 aliphatic heterocycles. The van der Waals surface area contributed by atoms with Gasteiger partial charge in [-0.1, -0.05) is 7.60 Å². The molecule has 1 aliphatic rings. The van der Waals surface area contributed by atoms with Gasteiger partial charge in [0.25, 0.3) is 5.56 Å². The number of hydrogen-bond donors (Lipinski definition) is 1. The Hall–Kier alpha value is 0.460. The van der Waals surface area contributed by atoms with Crippen molar-refractivity contribution in [1.82, 2.24) is 24.4 Å². The second-order valence-electron chi connectivity index (χ2n) is 5.47. The van der Waals surface area contributed by atoms with Crippen LogP contribution in [-0.4, -0.2) is 49.7 Å². The van der Waals surface area contributed by atoms with Crippen LogP contribution in [0.25, 0.3) is 11.2 Å². The Balaban J connectivity index is 0.00000144. The number of imidazole rings is 1. The van der Waals surface area contributed by atoms with Gasteiger partial charge in [-0.15, -0.1) is 0 Å². The van der Waals surface area contributed by atoms with Gasteiger partial charge in [0.15, 0.2) is 11.2 Å². The number of nitrogens with zero attached hydrogens (tertiary/aromatic N) is 4. The average Bonchev–Trinajstić information content (AvgIpc) is 3.05. The van der Waals surface area contributed by atoms with Gasteiger partial charge in [-0.25, -0.2) is 9.97 Å². The molecule has 0 bridgehead atoms. The summed E-state index contributed by atoms with van der Waals surface area (Å²) >= 11 is 0. The van der Waals surface area contributed by atoms with Gasteiger partial charge in [0, 0.05) is 19.1 Å². The number of fused-ring (bicyclic) bond motifs is 1. The number of aromatic amines is 1. The molecule has 1 N–H and O–H groups in total. The molecule has 2 aromatic heterocycles. The van der Waals surface area contributed by atoms with Crippen molar-refractivity contribution in [3.63, 3.8) is 0 Å². The number of likely N-dealkylation sites (tertiary alicyclic amines) is 1. The van der Waals surface area contributed by atoms with E-state index in [1.807, 2.05) is 4.90 Å². The Kier molecular flexibility index (Phi) is 8.82. The Morgan fingerprint density at radius 3 is 2.79 bits per heavy atom. The fourth-order valence-electron chi connectivity index (χ4n) is 2.90.